The second-order valence-corrected chi connectivity index (χ2v) is 6.93. The number of aliphatic hydroxyl groups excluding tert-OH is 1. The maximum atomic E-state index is 9.60. The van der Waals surface area contributed by atoms with Gasteiger partial charge in [-0.1, -0.05) is 36.7 Å². The largest absolute Gasteiger partial charge is 0.394 e. The van der Waals surface area contributed by atoms with Gasteiger partial charge in [-0.25, -0.2) is 0 Å². The molecule has 1 aromatic carbocycles. The SMILES string of the molecule is CCNC1(CO)CCC(SCc2ccccc2Cl)C1. The number of thioether (sulfide) groups is 1. The molecule has 2 rings (SSSR count). The van der Waals surface area contributed by atoms with E-state index in [1.807, 2.05) is 30.0 Å². The predicted molar refractivity (Wildman–Crippen MR) is 83.9 cm³/mol. The van der Waals surface area contributed by atoms with Gasteiger partial charge in [-0.05, 0) is 37.4 Å². The first-order valence-electron chi connectivity index (χ1n) is 6.90. The lowest BCUT2D eigenvalue weighted by molar-refractivity contribution is 0.167. The molecule has 1 aromatic rings. The quantitative estimate of drug-likeness (QED) is 0.844. The highest BCUT2D eigenvalue weighted by molar-refractivity contribution is 7.99. The lowest BCUT2D eigenvalue weighted by Gasteiger charge is -2.28. The van der Waals surface area contributed by atoms with E-state index in [2.05, 4.69) is 18.3 Å². The molecule has 2 unspecified atom stereocenters. The van der Waals surface area contributed by atoms with Gasteiger partial charge in [-0.2, -0.15) is 11.8 Å². The van der Waals surface area contributed by atoms with Crippen molar-refractivity contribution in [2.24, 2.45) is 0 Å². The van der Waals surface area contributed by atoms with Crippen molar-refractivity contribution in [3.05, 3.63) is 34.9 Å². The van der Waals surface area contributed by atoms with Crippen molar-refractivity contribution in [1.29, 1.82) is 0 Å². The molecule has 2 N–H and O–H groups in total. The molecule has 19 heavy (non-hydrogen) atoms. The van der Waals surface area contributed by atoms with Crippen LogP contribution in [0.1, 0.15) is 31.7 Å². The van der Waals surface area contributed by atoms with E-state index in [1.54, 1.807) is 0 Å². The number of halogens is 1. The highest BCUT2D eigenvalue weighted by atomic mass is 35.5. The molecule has 0 heterocycles. The topological polar surface area (TPSA) is 32.3 Å². The molecule has 0 radical (unpaired) electrons. The van der Waals surface area contributed by atoms with Crippen molar-refractivity contribution in [3.8, 4) is 0 Å². The van der Waals surface area contributed by atoms with Crippen molar-refractivity contribution in [2.45, 2.75) is 42.7 Å². The Kier molecular flexibility index (Phi) is 5.58. The number of hydrogen-bond acceptors (Lipinski definition) is 3. The first kappa shape index (κ1) is 15.2. The first-order chi connectivity index (χ1) is 9.19. The Bertz CT molecular complexity index is 415. The van der Waals surface area contributed by atoms with E-state index in [1.165, 1.54) is 12.0 Å². The molecule has 0 aliphatic heterocycles. The third-order valence-corrected chi connectivity index (χ3v) is 5.57. The predicted octanol–water partition coefficient (Wildman–Crippen LogP) is 3.47. The van der Waals surface area contributed by atoms with E-state index in [0.717, 1.165) is 30.2 Å². The molecule has 4 heteroatoms. The molecule has 0 bridgehead atoms. The Balaban J connectivity index is 1.87. The molecule has 106 valence electrons. The number of benzene rings is 1. The zero-order chi connectivity index (χ0) is 13.7. The molecule has 0 spiro atoms. The first-order valence-corrected chi connectivity index (χ1v) is 8.33. The van der Waals surface area contributed by atoms with Crippen LogP contribution in [-0.2, 0) is 5.75 Å². The third kappa shape index (κ3) is 3.88. The van der Waals surface area contributed by atoms with E-state index in [4.69, 9.17) is 11.6 Å². The summed E-state index contributed by atoms with van der Waals surface area (Å²) in [5.41, 5.74) is 1.16. The third-order valence-electron chi connectivity index (χ3n) is 3.85. The van der Waals surface area contributed by atoms with Crippen molar-refractivity contribution in [1.82, 2.24) is 5.32 Å². The minimum Gasteiger partial charge on any atom is -0.394 e. The van der Waals surface area contributed by atoms with Gasteiger partial charge in [0.15, 0.2) is 0 Å². The van der Waals surface area contributed by atoms with Crippen LogP contribution in [0.25, 0.3) is 0 Å². The minimum atomic E-state index is -0.0487. The number of rotatable bonds is 6. The smallest absolute Gasteiger partial charge is 0.0613 e. The molecule has 1 aliphatic carbocycles. The number of likely N-dealkylation sites (N-methyl/N-ethyl adjacent to an activating group) is 1. The maximum Gasteiger partial charge on any atom is 0.0613 e. The van der Waals surface area contributed by atoms with Crippen LogP contribution in [0.5, 0.6) is 0 Å². The van der Waals surface area contributed by atoms with Crippen LogP contribution in [-0.4, -0.2) is 29.0 Å². The second-order valence-electron chi connectivity index (χ2n) is 5.24. The van der Waals surface area contributed by atoms with Gasteiger partial charge in [-0.3, -0.25) is 0 Å². The van der Waals surface area contributed by atoms with Crippen LogP contribution in [0.3, 0.4) is 0 Å². The Morgan fingerprint density at radius 1 is 1.47 bits per heavy atom. The van der Waals surface area contributed by atoms with Crippen LogP contribution in [0.4, 0.5) is 0 Å². The standard InChI is InChI=1S/C15H22ClNOS/c1-2-17-15(11-18)8-7-13(9-15)19-10-12-5-3-4-6-14(12)16/h3-6,13,17-18H,2,7-11H2,1H3. The van der Waals surface area contributed by atoms with Crippen LogP contribution in [0.2, 0.25) is 5.02 Å². The van der Waals surface area contributed by atoms with Crippen LogP contribution in [0, 0.1) is 0 Å². The van der Waals surface area contributed by atoms with E-state index in [0.29, 0.717) is 5.25 Å². The van der Waals surface area contributed by atoms with E-state index < -0.39 is 0 Å². The zero-order valence-corrected chi connectivity index (χ0v) is 12.9. The fourth-order valence-electron chi connectivity index (χ4n) is 2.78. The summed E-state index contributed by atoms with van der Waals surface area (Å²) >= 11 is 8.14. The van der Waals surface area contributed by atoms with E-state index in [9.17, 15) is 5.11 Å². The van der Waals surface area contributed by atoms with Crippen molar-refractivity contribution >= 4 is 23.4 Å². The maximum absolute atomic E-state index is 9.60. The second kappa shape index (κ2) is 6.98. The molecule has 0 amide bonds. The number of nitrogens with one attached hydrogen (secondary N) is 1. The molecule has 2 atom stereocenters. The summed E-state index contributed by atoms with van der Waals surface area (Å²) in [6, 6.07) is 8.04. The minimum absolute atomic E-state index is 0.0487. The normalized spacial score (nSPS) is 26.8. The molecule has 0 saturated heterocycles. The Morgan fingerprint density at radius 3 is 2.95 bits per heavy atom. The molecule has 1 fully saturated rings. The van der Waals surface area contributed by atoms with Crippen molar-refractivity contribution in [3.63, 3.8) is 0 Å². The van der Waals surface area contributed by atoms with Crippen molar-refractivity contribution in [2.75, 3.05) is 13.2 Å². The Labute approximate surface area is 124 Å². The Morgan fingerprint density at radius 2 is 2.26 bits per heavy atom. The molecule has 0 aromatic heterocycles. The van der Waals surface area contributed by atoms with Gasteiger partial charge in [0.05, 0.1) is 6.61 Å². The fourth-order valence-corrected chi connectivity index (χ4v) is 4.45. The summed E-state index contributed by atoms with van der Waals surface area (Å²) in [4.78, 5) is 0. The summed E-state index contributed by atoms with van der Waals surface area (Å²) in [5.74, 6) is 0.956. The van der Waals surface area contributed by atoms with Crippen molar-refractivity contribution < 1.29 is 5.11 Å². The lowest BCUT2D eigenvalue weighted by atomic mass is 9.99. The molecular formula is C15H22ClNOS. The average molecular weight is 300 g/mol. The summed E-state index contributed by atoms with van der Waals surface area (Å²) in [5, 5.41) is 14.5. The van der Waals surface area contributed by atoms with Gasteiger partial charge in [-0.15, -0.1) is 0 Å². The van der Waals surface area contributed by atoms with Crippen LogP contribution < -0.4 is 5.32 Å². The van der Waals surface area contributed by atoms with Gasteiger partial charge in [0.25, 0.3) is 0 Å². The average Bonchev–Trinajstić information content (AvgIpc) is 2.82. The summed E-state index contributed by atoms with van der Waals surface area (Å²) in [7, 11) is 0. The number of aliphatic hydroxyl groups is 1. The van der Waals surface area contributed by atoms with E-state index >= 15 is 0 Å². The molecule has 1 saturated carbocycles. The summed E-state index contributed by atoms with van der Waals surface area (Å²) in [6.45, 7) is 3.26. The fraction of sp³-hybridized carbons (Fsp3) is 0.600. The highest BCUT2D eigenvalue weighted by Crippen LogP contribution is 2.38. The van der Waals surface area contributed by atoms with Crippen LogP contribution in [0.15, 0.2) is 24.3 Å². The summed E-state index contributed by atoms with van der Waals surface area (Å²) in [6.07, 6.45) is 3.28. The zero-order valence-electron chi connectivity index (χ0n) is 11.4. The van der Waals surface area contributed by atoms with Gasteiger partial charge in [0.2, 0.25) is 0 Å². The van der Waals surface area contributed by atoms with Gasteiger partial charge >= 0.3 is 0 Å². The van der Waals surface area contributed by atoms with Gasteiger partial charge < -0.3 is 10.4 Å². The summed E-state index contributed by atoms with van der Waals surface area (Å²) < 4.78 is 0. The van der Waals surface area contributed by atoms with Crippen LogP contribution >= 0.6 is 23.4 Å². The van der Waals surface area contributed by atoms with E-state index in [-0.39, 0.29) is 12.1 Å². The van der Waals surface area contributed by atoms with Gasteiger partial charge in [0.1, 0.15) is 0 Å². The van der Waals surface area contributed by atoms with Gasteiger partial charge in [0, 0.05) is 21.6 Å². The highest BCUT2D eigenvalue weighted by Gasteiger charge is 2.37. The molecule has 1 aliphatic rings. The lowest BCUT2D eigenvalue weighted by Crippen LogP contribution is -2.46. The molecular weight excluding hydrogens is 278 g/mol. The monoisotopic (exact) mass is 299 g/mol. The molecule has 2 nitrogen and oxygen atoms in total. The number of hydrogen-bond donors (Lipinski definition) is 2. The Hall–Kier alpha value is -0.220.